The van der Waals surface area contributed by atoms with E-state index in [4.69, 9.17) is 10.6 Å². The Kier molecular flexibility index (Phi) is 9.02. The zero-order valence-corrected chi connectivity index (χ0v) is 13.3. The molecule has 0 bridgehead atoms. The third kappa shape index (κ3) is 6.02. The first-order valence-corrected chi connectivity index (χ1v) is 8.03. The molecule has 1 aromatic carbocycles. The molecular formula is C17H29FN2O. The Bertz CT molecular complexity index is 398. The molecule has 0 aliphatic carbocycles. The highest BCUT2D eigenvalue weighted by molar-refractivity contribution is 5.37. The Morgan fingerprint density at radius 2 is 1.81 bits per heavy atom. The molecule has 0 fully saturated rings. The summed E-state index contributed by atoms with van der Waals surface area (Å²) in [6.45, 7) is 2.22. The van der Waals surface area contributed by atoms with E-state index in [2.05, 4.69) is 12.3 Å². The van der Waals surface area contributed by atoms with Gasteiger partial charge < -0.3 is 4.74 Å². The van der Waals surface area contributed by atoms with Crippen molar-refractivity contribution in [3.05, 3.63) is 29.6 Å². The molecule has 0 saturated carbocycles. The quantitative estimate of drug-likeness (QED) is 0.359. The maximum absolute atomic E-state index is 14.0. The molecule has 3 nitrogen and oxygen atoms in total. The van der Waals surface area contributed by atoms with Gasteiger partial charge in [0, 0.05) is 5.56 Å². The number of nitrogens with two attached hydrogens (primary N) is 1. The van der Waals surface area contributed by atoms with Crippen LogP contribution in [0.1, 0.15) is 69.9 Å². The number of rotatable bonds is 11. The van der Waals surface area contributed by atoms with Crippen molar-refractivity contribution in [1.82, 2.24) is 5.43 Å². The average molecular weight is 296 g/mol. The van der Waals surface area contributed by atoms with Gasteiger partial charge in [0.25, 0.3) is 0 Å². The Balaban J connectivity index is 2.45. The van der Waals surface area contributed by atoms with E-state index in [1.54, 1.807) is 19.2 Å². The summed E-state index contributed by atoms with van der Waals surface area (Å²) in [6, 6.07) is 4.68. The van der Waals surface area contributed by atoms with Gasteiger partial charge in [0.05, 0.1) is 13.2 Å². The molecule has 21 heavy (non-hydrogen) atoms. The Morgan fingerprint density at radius 1 is 1.14 bits per heavy atom. The molecule has 1 atom stereocenters. The highest BCUT2D eigenvalue weighted by atomic mass is 19.1. The van der Waals surface area contributed by atoms with Crippen LogP contribution in [-0.4, -0.2) is 7.11 Å². The van der Waals surface area contributed by atoms with Gasteiger partial charge in [0.15, 0.2) is 0 Å². The van der Waals surface area contributed by atoms with Gasteiger partial charge in [0.1, 0.15) is 11.6 Å². The van der Waals surface area contributed by atoms with Crippen LogP contribution in [0.15, 0.2) is 18.2 Å². The van der Waals surface area contributed by atoms with Crippen molar-refractivity contribution in [3.63, 3.8) is 0 Å². The molecule has 0 aromatic heterocycles. The molecule has 4 heteroatoms. The van der Waals surface area contributed by atoms with Crippen LogP contribution in [0.5, 0.6) is 5.75 Å². The lowest BCUT2D eigenvalue weighted by Gasteiger charge is -2.19. The Labute approximate surface area is 128 Å². The first-order valence-electron chi connectivity index (χ1n) is 8.03. The monoisotopic (exact) mass is 296 g/mol. The van der Waals surface area contributed by atoms with Gasteiger partial charge in [-0.05, 0) is 18.6 Å². The van der Waals surface area contributed by atoms with Gasteiger partial charge in [-0.1, -0.05) is 57.9 Å². The number of benzene rings is 1. The molecule has 0 spiro atoms. The van der Waals surface area contributed by atoms with Crippen LogP contribution in [-0.2, 0) is 0 Å². The van der Waals surface area contributed by atoms with Crippen molar-refractivity contribution < 1.29 is 9.13 Å². The van der Waals surface area contributed by atoms with Crippen molar-refractivity contribution >= 4 is 0 Å². The van der Waals surface area contributed by atoms with E-state index in [0.717, 1.165) is 12.8 Å². The van der Waals surface area contributed by atoms with E-state index in [-0.39, 0.29) is 11.9 Å². The van der Waals surface area contributed by atoms with Crippen LogP contribution in [0, 0.1) is 5.82 Å². The molecule has 1 unspecified atom stereocenters. The molecule has 0 aliphatic heterocycles. The van der Waals surface area contributed by atoms with Gasteiger partial charge in [-0.2, -0.15) is 0 Å². The third-order valence-corrected chi connectivity index (χ3v) is 3.88. The fraction of sp³-hybridized carbons (Fsp3) is 0.647. The minimum absolute atomic E-state index is 0.197. The van der Waals surface area contributed by atoms with E-state index < -0.39 is 0 Å². The topological polar surface area (TPSA) is 47.3 Å². The van der Waals surface area contributed by atoms with Crippen LogP contribution in [0.2, 0.25) is 0 Å². The Hall–Kier alpha value is -1.13. The summed E-state index contributed by atoms with van der Waals surface area (Å²) in [5, 5.41) is 0. The van der Waals surface area contributed by atoms with Crippen molar-refractivity contribution in [2.24, 2.45) is 5.84 Å². The van der Waals surface area contributed by atoms with Crippen molar-refractivity contribution in [3.8, 4) is 5.75 Å². The van der Waals surface area contributed by atoms with Gasteiger partial charge in [-0.25, -0.2) is 4.39 Å². The van der Waals surface area contributed by atoms with Crippen LogP contribution < -0.4 is 16.0 Å². The standard InChI is InChI=1S/C17H29FN2O/c1-3-4-5-6-7-8-9-12-15(20-19)17-14(18)11-10-13-16(17)21-2/h10-11,13,15,20H,3-9,12,19H2,1-2H3. The number of hydrogen-bond acceptors (Lipinski definition) is 3. The number of ether oxygens (including phenoxy) is 1. The molecule has 0 aliphatic rings. The van der Waals surface area contributed by atoms with Gasteiger partial charge in [-0.3, -0.25) is 11.3 Å². The van der Waals surface area contributed by atoms with E-state index in [1.165, 1.54) is 44.6 Å². The highest BCUT2D eigenvalue weighted by Crippen LogP contribution is 2.30. The normalized spacial score (nSPS) is 12.4. The van der Waals surface area contributed by atoms with E-state index in [0.29, 0.717) is 11.3 Å². The molecule has 0 saturated heterocycles. The second-order valence-corrected chi connectivity index (χ2v) is 5.49. The summed E-state index contributed by atoms with van der Waals surface area (Å²) in [5.74, 6) is 5.90. The molecule has 1 rings (SSSR count). The SMILES string of the molecule is CCCCCCCCCC(NN)c1c(F)cccc1OC. The average Bonchev–Trinajstić information content (AvgIpc) is 2.50. The number of halogens is 1. The number of hydrogen-bond donors (Lipinski definition) is 2. The number of hydrazine groups is 1. The number of nitrogens with one attached hydrogen (secondary N) is 1. The van der Waals surface area contributed by atoms with Crippen molar-refractivity contribution in [1.29, 1.82) is 0 Å². The first kappa shape index (κ1) is 17.9. The molecule has 1 aromatic rings. The zero-order chi connectivity index (χ0) is 15.5. The van der Waals surface area contributed by atoms with Gasteiger partial charge in [0.2, 0.25) is 0 Å². The second-order valence-electron chi connectivity index (χ2n) is 5.49. The second kappa shape index (κ2) is 10.6. The van der Waals surface area contributed by atoms with E-state index in [9.17, 15) is 4.39 Å². The van der Waals surface area contributed by atoms with Crippen LogP contribution in [0.25, 0.3) is 0 Å². The van der Waals surface area contributed by atoms with Crippen LogP contribution in [0.4, 0.5) is 4.39 Å². The summed E-state index contributed by atoms with van der Waals surface area (Å²) >= 11 is 0. The van der Waals surface area contributed by atoms with Crippen molar-refractivity contribution in [2.75, 3.05) is 7.11 Å². The van der Waals surface area contributed by atoms with E-state index >= 15 is 0 Å². The zero-order valence-electron chi connectivity index (χ0n) is 13.3. The van der Waals surface area contributed by atoms with Crippen LogP contribution in [0.3, 0.4) is 0 Å². The third-order valence-electron chi connectivity index (χ3n) is 3.88. The number of unbranched alkanes of at least 4 members (excludes halogenated alkanes) is 6. The molecule has 120 valence electrons. The predicted molar refractivity (Wildman–Crippen MR) is 85.6 cm³/mol. The molecule has 0 radical (unpaired) electrons. The molecule has 3 N–H and O–H groups in total. The maximum atomic E-state index is 14.0. The largest absolute Gasteiger partial charge is 0.496 e. The fourth-order valence-electron chi connectivity index (χ4n) is 2.65. The minimum Gasteiger partial charge on any atom is -0.496 e. The molecule has 0 heterocycles. The minimum atomic E-state index is -0.264. The number of methoxy groups -OCH3 is 1. The first-order chi connectivity index (χ1) is 10.2. The summed E-state index contributed by atoms with van der Waals surface area (Å²) in [6.07, 6.45) is 9.46. The molecule has 0 amide bonds. The lowest BCUT2D eigenvalue weighted by atomic mass is 9.98. The lowest BCUT2D eigenvalue weighted by molar-refractivity contribution is 0.382. The van der Waals surface area contributed by atoms with Gasteiger partial charge in [-0.15, -0.1) is 0 Å². The van der Waals surface area contributed by atoms with Gasteiger partial charge >= 0.3 is 0 Å². The lowest BCUT2D eigenvalue weighted by Crippen LogP contribution is -2.29. The Morgan fingerprint density at radius 3 is 2.43 bits per heavy atom. The summed E-state index contributed by atoms with van der Waals surface area (Å²) in [4.78, 5) is 0. The van der Waals surface area contributed by atoms with Crippen molar-refractivity contribution in [2.45, 2.75) is 64.3 Å². The highest BCUT2D eigenvalue weighted by Gasteiger charge is 2.18. The molecular weight excluding hydrogens is 267 g/mol. The summed E-state index contributed by atoms with van der Waals surface area (Å²) in [5.41, 5.74) is 3.26. The fourth-order valence-corrected chi connectivity index (χ4v) is 2.65. The maximum Gasteiger partial charge on any atom is 0.131 e. The van der Waals surface area contributed by atoms with Crippen LogP contribution >= 0.6 is 0 Å². The summed E-state index contributed by atoms with van der Waals surface area (Å²) < 4.78 is 19.3. The predicted octanol–water partition coefficient (Wildman–Crippen LogP) is 4.48. The summed E-state index contributed by atoms with van der Waals surface area (Å²) in [7, 11) is 1.56. The smallest absolute Gasteiger partial charge is 0.131 e. The van der Waals surface area contributed by atoms with E-state index in [1.807, 2.05) is 0 Å².